The molecular formula is C51H53N5O6. The lowest BCUT2D eigenvalue weighted by molar-refractivity contribution is 0.0565. The lowest BCUT2D eigenvalue weighted by Crippen LogP contribution is -2.42. The number of hydrogen-bond acceptors (Lipinski definition) is 9. The maximum absolute atomic E-state index is 14.5. The topological polar surface area (TPSA) is 124 Å². The molecule has 6 aromatic rings. The van der Waals surface area contributed by atoms with Gasteiger partial charge in [-0.15, -0.1) is 0 Å². The number of phenols is 1. The van der Waals surface area contributed by atoms with E-state index in [9.17, 15) is 19.5 Å². The Labute approximate surface area is 363 Å². The molecule has 62 heavy (non-hydrogen) atoms. The number of nitrogens with one attached hydrogen (secondary N) is 2. The molecular weight excluding hydrogens is 779 g/mol. The molecule has 11 nitrogen and oxygen atoms in total. The molecule has 7 rings (SSSR count). The highest BCUT2D eigenvalue weighted by atomic mass is 16.6. The summed E-state index contributed by atoms with van der Waals surface area (Å²) in [5.41, 5.74) is 10.2. The first-order chi connectivity index (χ1) is 30.3. The number of nitrogens with zero attached hydrogens (tertiary/aromatic N) is 3. The summed E-state index contributed by atoms with van der Waals surface area (Å²) in [5.74, 6) is 0.0385. The smallest absolute Gasteiger partial charge is 0.419 e. The monoisotopic (exact) mass is 831 g/mol. The number of carbonyl (C=O) groups is 3. The number of hydrazine groups is 1. The lowest BCUT2D eigenvalue weighted by Gasteiger charge is -2.34. The third-order valence-electron chi connectivity index (χ3n) is 11.0. The lowest BCUT2D eigenvalue weighted by atomic mass is 10.00. The van der Waals surface area contributed by atoms with Crippen LogP contribution in [0.3, 0.4) is 0 Å². The number of piperidine rings is 1. The van der Waals surface area contributed by atoms with Crippen molar-refractivity contribution in [3.8, 4) is 33.8 Å². The van der Waals surface area contributed by atoms with Crippen molar-refractivity contribution in [2.75, 3.05) is 51.3 Å². The number of carbonyl (C=O) groups excluding carboxylic acids is 3. The Balaban J connectivity index is 0.924. The Morgan fingerprint density at radius 2 is 1.32 bits per heavy atom. The van der Waals surface area contributed by atoms with Crippen LogP contribution < -0.4 is 20.4 Å². The zero-order valence-corrected chi connectivity index (χ0v) is 35.2. The minimum absolute atomic E-state index is 0.0441. The summed E-state index contributed by atoms with van der Waals surface area (Å²) in [7, 11) is 1.48. The molecule has 1 aliphatic heterocycles. The van der Waals surface area contributed by atoms with Crippen LogP contribution in [-0.4, -0.2) is 85.3 Å². The molecule has 0 radical (unpaired) electrons. The molecule has 1 fully saturated rings. The Kier molecular flexibility index (Phi) is 14.8. The Morgan fingerprint density at radius 1 is 0.726 bits per heavy atom. The maximum Gasteiger partial charge on any atom is 0.419 e. The van der Waals surface area contributed by atoms with E-state index in [0.29, 0.717) is 49.4 Å². The standard InChI is InChI=1S/C51H53N5O6/c1-3-55(53-35-37-25-26-47(57)49(33-37)61-2)50(59)41-20-14-19-40(34-41)48(58)36-52-29-32-54-30-27-42(28-31-54)62-51(60)56(45-23-12-10-21-43(45)38-15-6-4-7-16-38)46-24-13-11-22-44(46)39-17-8-5-9-18-39/h4-26,33-34,42,52-53,57H,3,27-32,35-36H2,1-2H3. The Hall–Kier alpha value is -6.79. The Bertz CT molecular complexity index is 2350. The third kappa shape index (κ3) is 10.7. The van der Waals surface area contributed by atoms with E-state index >= 15 is 0 Å². The molecule has 0 atom stereocenters. The fraction of sp³-hybridized carbons (Fsp3) is 0.235. The van der Waals surface area contributed by atoms with Crippen molar-refractivity contribution in [1.29, 1.82) is 0 Å². The van der Waals surface area contributed by atoms with Crippen LogP contribution in [0.2, 0.25) is 0 Å². The van der Waals surface area contributed by atoms with Crippen LogP contribution in [-0.2, 0) is 11.3 Å². The molecule has 6 aromatic carbocycles. The van der Waals surface area contributed by atoms with Gasteiger partial charge < -0.3 is 24.8 Å². The van der Waals surface area contributed by atoms with Crippen LogP contribution in [0.25, 0.3) is 22.3 Å². The first kappa shape index (κ1) is 43.3. The van der Waals surface area contributed by atoms with Crippen molar-refractivity contribution in [1.82, 2.24) is 20.7 Å². The van der Waals surface area contributed by atoms with Crippen LogP contribution in [0.4, 0.5) is 16.2 Å². The van der Waals surface area contributed by atoms with Gasteiger partial charge in [0.2, 0.25) is 0 Å². The molecule has 1 saturated heterocycles. The molecule has 0 unspecified atom stereocenters. The molecule has 3 N–H and O–H groups in total. The van der Waals surface area contributed by atoms with Crippen molar-refractivity contribution < 1.29 is 29.0 Å². The molecule has 318 valence electrons. The second-order valence-corrected chi connectivity index (χ2v) is 15.1. The van der Waals surface area contributed by atoms with Gasteiger partial charge in [-0.05, 0) is 72.9 Å². The quantitative estimate of drug-likeness (QED) is 0.0469. The molecule has 11 heteroatoms. The number of rotatable bonds is 17. The highest BCUT2D eigenvalue weighted by Gasteiger charge is 2.29. The van der Waals surface area contributed by atoms with Gasteiger partial charge in [0.1, 0.15) is 6.10 Å². The number of Topliss-reactive ketones (excluding diaryl/α,β-unsaturated/α-hetero) is 1. The number of aromatic hydroxyl groups is 1. The van der Waals surface area contributed by atoms with Crippen LogP contribution in [0.15, 0.2) is 152 Å². The molecule has 0 spiro atoms. The number of likely N-dealkylation sites (tertiary alicyclic amines) is 1. The van der Waals surface area contributed by atoms with E-state index in [2.05, 4.69) is 15.6 Å². The summed E-state index contributed by atoms with van der Waals surface area (Å²) in [6, 6.07) is 47.8. The number of ketones is 1. The molecule has 1 heterocycles. The summed E-state index contributed by atoms with van der Waals surface area (Å²) in [5, 5.41) is 14.7. The van der Waals surface area contributed by atoms with Crippen LogP contribution in [0.1, 0.15) is 46.0 Å². The predicted octanol–water partition coefficient (Wildman–Crippen LogP) is 9.11. The van der Waals surface area contributed by atoms with Crippen LogP contribution in [0, 0.1) is 0 Å². The summed E-state index contributed by atoms with van der Waals surface area (Å²) in [6.07, 6.45) is 0.697. The predicted molar refractivity (Wildman–Crippen MR) is 244 cm³/mol. The van der Waals surface area contributed by atoms with Crippen molar-refractivity contribution >= 4 is 29.2 Å². The largest absolute Gasteiger partial charge is 0.504 e. The summed E-state index contributed by atoms with van der Waals surface area (Å²) in [4.78, 5) is 45.1. The third-order valence-corrected chi connectivity index (χ3v) is 11.0. The van der Waals surface area contributed by atoms with E-state index in [1.54, 1.807) is 47.4 Å². The Morgan fingerprint density at radius 3 is 1.94 bits per heavy atom. The molecule has 2 amide bonds. The fourth-order valence-corrected chi connectivity index (χ4v) is 7.70. The van der Waals surface area contributed by atoms with Gasteiger partial charge in [0.25, 0.3) is 5.91 Å². The number of ether oxygens (including phenoxy) is 2. The normalized spacial score (nSPS) is 13.0. The second-order valence-electron chi connectivity index (χ2n) is 15.1. The fourth-order valence-electron chi connectivity index (χ4n) is 7.70. The minimum Gasteiger partial charge on any atom is -0.504 e. The number of anilines is 2. The summed E-state index contributed by atoms with van der Waals surface area (Å²) < 4.78 is 11.5. The highest BCUT2D eigenvalue weighted by molar-refractivity contribution is 6.04. The van der Waals surface area contributed by atoms with Gasteiger partial charge in [0.15, 0.2) is 17.3 Å². The number of phenolic OH excluding ortho intramolecular Hbond substituents is 1. The number of para-hydroxylation sites is 2. The van der Waals surface area contributed by atoms with E-state index in [-0.39, 0.29) is 30.1 Å². The van der Waals surface area contributed by atoms with Gasteiger partial charge in [0, 0.05) is 61.5 Å². The minimum atomic E-state index is -0.421. The van der Waals surface area contributed by atoms with Gasteiger partial charge >= 0.3 is 6.09 Å². The van der Waals surface area contributed by atoms with Crippen LogP contribution in [0.5, 0.6) is 11.5 Å². The van der Waals surface area contributed by atoms with Crippen molar-refractivity contribution in [2.24, 2.45) is 0 Å². The van der Waals surface area contributed by atoms with Gasteiger partial charge in [-0.3, -0.25) is 14.6 Å². The van der Waals surface area contributed by atoms with E-state index in [4.69, 9.17) is 9.47 Å². The molecule has 0 saturated carbocycles. The van der Waals surface area contributed by atoms with E-state index in [1.807, 2.05) is 116 Å². The number of methoxy groups -OCH3 is 1. The van der Waals surface area contributed by atoms with Gasteiger partial charge in [-0.25, -0.2) is 15.1 Å². The summed E-state index contributed by atoms with van der Waals surface area (Å²) >= 11 is 0. The number of benzene rings is 6. The van der Waals surface area contributed by atoms with Crippen molar-refractivity contribution in [2.45, 2.75) is 32.4 Å². The van der Waals surface area contributed by atoms with E-state index < -0.39 is 6.09 Å². The first-order valence-corrected chi connectivity index (χ1v) is 21.1. The average Bonchev–Trinajstić information content (AvgIpc) is 3.32. The maximum atomic E-state index is 14.5. The first-order valence-electron chi connectivity index (χ1n) is 21.1. The molecule has 0 aliphatic carbocycles. The van der Waals surface area contributed by atoms with Crippen molar-refractivity contribution in [3.05, 3.63) is 168 Å². The SMILES string of the molecule is CCN(NCc1ccc(O)c(OC)c1)C(=O)c1cccc(C(=O)CNCCN2CCC(OC(=O)N(c3ccccc3-c3ccccc3)c3ccccc3-c3ccccc3)CC2)c1. The second kappa shape index (κ2) is 21.1. The zero-order chi connectivity index (χ0) is 43.3. The van der Waals surface area contributed by atoms with Gasteiger partial charge in [0.05, 0.1) is 25.0 Å². The van der Waals surface area contributed by atoms with Crippen molar-refractivity contribution in [3.63, 3.8) is 0 Å². The van der Waals surface area contributed by atoms with E-state index in [1.165, 1.54) is 12.1 Å². The number of hydrogen-bond donors (Lipinski definition) is 3. The highest BCUT2D eigenvalue weighted by Crippen LogP contribution is 2.40. The average molecular weight is 832 g/mol. The van der Waals surface area contributed by atoms with Gasteiger partial charge in [-0.1, -0.05) is 115 Å². The zero-order valence-electron chi connectivity index (χ0n) is 35.2. The van der Waals surface area contributed by atoms with E-state index in [0.717, 1.165) is 58.8 Å². The number of amides is 2. The molecule has 1 aliphatic rings. The molecule has 0 aromatic heterocycles. The molecule has 0 bridgehead atoms. The van der Waals surface area contributed by atoms with Crippen LogP contribution >= 0.6 is 0 Å². The summed E-state index contributed by atoms with van der Waals surface area (Å²) in [6.45, 7) is 5.58. The van der Waals surface area contributed by atoms with Gasteiger partial charge in [-0.2, -0.15) is 0 Å².